The number of amides is 1. The number of esters is 2. The number of nitro groups is 1. The molecule has 1 amide bonds. The average molecular weight is 495 g/mol. The van der Waals surface area contributed by atoms with Crippen LogP contribution in [0.1, 0.15) is 45.6 Å². The molecule has 0 atom stereocenters. The Balaban J connectivity index is 1.60. The number of rotatable bonds is 12. The van der Waals surface area contributed by atoms with Gasteiger partial charge < -0.3 is 23.8 Å². The molecule has 11 heteroatoms. The molecule has 1 fully saturated rings. The monoisotopic (exact) mass is 494 g/mol. The fourth-order valence-electron chi connectivity index (χ4n) is 3.29. The predicted octanol–water partition coefficient (Wildman–Crippen LogP) is 3.48. The number of hydrogen-bond donors (Lipinski definition) is 0. The zero-order valence-corrected chi connectivity index (χ0v) is 20.5. The maximum Gasteiger partial charge on any atom is 0.410 e. The first kappa shape index (κ1) is 28.0. The Labute approximate surface area is 204 Å². The number of para-hydroxylation sites is 1. The molecule has 0 radical (unpaired) electrons. The molecule has 2 rings (SSSR count). The molecule has 1 aromatic rings. The molecule has 1 aliphatic rings. The van der Waals surface area contributed by atoms with Crippen molar-refractivity contribution in [3.63, 3.8) is 0 Å². The SMILES string of the molecule is CCC(C)(C)C(=O)OCCOCCOC(=O)C1CCN(C(=O)OCc2ccccc2[N+](=O)[O-])CC1. The van der Waals surface area contributed by atoms with E-state index in [4.69, 9.17) is 18.9 Å². The number of piperidine rings is 1. The first-order valence-corrected chi connectivity index (χ1v) is 11.7. The van der Waals surface area contributed by atoms with Gasteiger partial charge in [0.05, 0.1) is 35.0 Å². The van der Waals surface area contributed by atoms with Crippen LogP contribution in [-0.2, 0) is 35.1 Å². The summed E-state index contributed by atoms with van der Waals surface area (Å²) in [5, 5.41) is 11.1. The second-order valence-electron chi connectivity index (χ2n) is 8.85. The van der Waals surface area contributed by atoms with Crippen molar-refractivity contribution in [2.75, 3.05) is 39.5 Å². The number of benzene rings is 1. The topological polar surface area (TPSA) is 135 Å². The van der Waals surface area contributed by atoms with Gasteiger partial charge in [-0.05, 0) is 39.2 Å². The molecule has 0 saturated carbocycles. The van der Waals surface area contributed by atoms with E-state index in [-0.39, 0.29) is 56.6 Å². The Morgan fingerprint density at radius 3 is 2.29 bits per heavy atom. The summed E-state index contributed by atoms with van der Waals surface area (Å²) in [7, 11) is 0. The van der Waals surface area contributed by atoms with Gasteiger partial charge in [-0.15, -0.1) is 0 Å². The highest BCUT2D eigenvalue weighted by Crippen LogP contribution is 2.22. The van der Waals surface area contributed by atoms with Crippen molar-refractivity contribution in [2.45, 2.75) is 46.6 Å². The van der Waals surface area contributed by atoms with Gasteiger partial charge in [-0.3, -0.25) is 19.7 Å². The Hall–Kier alpha value is -3.21. The van der Waals surface area contributed by atoms with Crippen LogP contribution in [0.3, 0.4) is 0 Å². The molecule has 0 bridgehead atoms. The normalized spacial score (nSPS) is 14.3. The molecule has 0 aliphatic carbocycles. The van der Waals surface area contributed by atoms with Gasteiger partial charge in [0.25, 0.3) is 5.69 Å². The third-order valence-corrected chi connectivity index (χ3v) is 6.00. The summed E-state index contributed by atoms with van der Waals surface area (Å²) in [6.45, 7) is 6.65. The van der Waals surface area contributed by atoms with Crippen molar-refractivity contribution in [3.05, 3.63) is 39.9 Å². The van der Waals surface area contributed by atoms with Crippen LogP contribution in [-0.4, -0.2) is 67.4 Å². The van der Waals surface area contributed by atoms with Gasteiger partial charge in [-0.2, -0.15) is 0 Å². The van der Waals surface area contributed by atoms with E-state index in [1.807, 2.05) is 20.8 Å². The summed E-state index contributed by atoms with van der Waals surface area (Å²) in [6, 6.07) is 6.08. The molecule has 0 unspecified atom stereocenters. The van der Waals surface area contributed by atoms with Crippen LogP contribution in [0.15, 0.2) is 24.3 Å². The van der Waals surface area contributed by atoms with Gasteiger partial charge in [-0.25, -0.2) is 4.79 Å². The minimum atomic E-state index is -0.577. The van der Waals surface area contributed by atoms with Gasteiger partial charge in [0.2, 0.25) is 0 Å². The quantitative estimate of drug-likeness (QED) is 0.141. The smallest absolute Gasteiger partial charge is 0.410 e. The molecular formula is C24H34N2O9. The van der Waals surface area contributed by atoms with Crippen molar-refractivity contribution >= 4 is 23.7 Å². The molecule has 1 heterocycles. The zero-order valence-electron chi connectivity index (χ0n) is 20.5. The molecule has 11 nitrogen and oxygen atoms in total. The van der Waals surface area contributed by atoms with E-state index in [9.17, 15) is 24.5 Å². The van der Waals surface area contributed by atoms with Crippen LogP contribution in [0.2, 0.25) is 0 Å². The minimum Gasteiger partial charge on any atom is -0.463 e. The minimum absolute atomic E-state index is 0.0886. The number of hydrogen-bond acceptors (Lipinski definition) is 9. The number of nitro benzene ring substituents is 1. The lowest BCUT2D eigenvalue weighted by molar-refractivity contribution is -0.385. The third kappa shape index (κ3) is 8.82. The van der Waals surface area contributed by atoms with E-state index >= 15 is 0 Å². The standard InChI is InChI=1S/C24H34N2O9/c1-4-24(2,3)22(28)34-16-14-32-13-15-33-21(27)18-9-11-25(12-10-18)23(29)35-17-19-7-5-6-8-20(19)26(30)31/h5-8,18H,4,9-17H2,1-3H3. The average Bonchev–Trinajstić information content (AvgIpc) is 2.86. The maximum absolute atomic E-state index is 12.3. The first-order valence-electron chi connectivity index (χ1n) is 11.7. The van der Waals surface area contributed by atoms with E-state index < -0.39 is 16.4 Å². The predicted molar refractivity (Wildman–Crippen MR) is 124 cm³/mol. The number of nitrogens with zero attached hydrogens (tertiary/aromatic N) is 2. The molecule has 0 N–H and O–H groups in total. The highest BCUT2D eigenvalue weighted by molar-refractivity contribution is 5.75. The summed E-state index contributed by atoms with van der Waals surface area (Å²) < 4.78 is 21.0. The molecule has 0 spiro atoms. The van der Waals surface area contributed by atoms with Crippen LogP contribution in [0.4, 0.5) is 10.5 Å². The first-order chi connectivity index (χ1) is 16.7. The largest absolute Gasteiger partial charge is 0.463 e. The van der Waals surface area contributed by atoms with Crippen molar-refractivity contribution in [3.8, 4) is 0 Å². The van der Waals surface area contributed by atoms with Crippen LogP contribution in [0.25, 0.3) is 0 Å². The Bertz CT molecular complexity index is 880. The highest BCUT2D eigenvalue weighted by atomic mass is 16.6. The van der Waals surface area contributed by atoms with Crippen LogP contribution < -0.4 is 0 Å². The lowest BCUT2D eigenvalue weighted by atomic mass is 9.91. The summed E-state index contributed by atoms with van der Waals surface area (Å²) in [5.74, 6) is -0.948. The number of carbonyl (C=O) groups excluding carboxylic acids is 3. The molecule has 0 aromatic heterocycles. The summed E-state index contributed by atoms with van der Waals surface area (Å²) in [4.78, 5) is 48.4. The summed E-state index contributed by atoms with van der Waals surface area (Å²) >= 11 is 0. The van der Waals surface area contributed by atoms with E-state index in [2.05, 4.69) is 0 Å². The molecule has 35 heavy (non-hydrogen) atoms. The Kier molecular flexibility index (Phi) is 10.9. The van der Waals surface area contributed by atoms with E-state index in [1.165, 1.54) is 17.0 Å². The van der Waals surface area contributed by atoms with Gasteiger partial charge in [0.15, 0.2) is 0 Å². The summed E-state index contributed by atoms with van der Waals surface area (Å²) in [6.07, 6.45) is 0.972. The molecule has 1 aliphatic heterocycles. The highest BCUT2D eigenvalue weighted by Gasteiger charge is 2.29. The van der Waals surface area contributed by atoms with Crippen LogP contribution in [0, 0.1) is 21.4 Å². The fraction of sp³-hybridized carbons (Fsp3) is 0.625. The van der Waals surface area contributed by atoms with Gasteiger partial charge >= 0.3 is 18.0 Å². The van der Waals surface area contributed by atoms with E-state index in [1.54, 1.807) is 12.1 Å². The molecular weight excluding hydrogens is 460 g/mol. The van der Waals surface area contributed by atoms with Gasteiger partial charge in [0.1, 0.15) is 19.8 Å². The second-order valence-corrected chi connectivity index (χ2v) is 8.85. The van der Waals surface area contributed by atoms with Gasteiger partial charge in [0, 0.05) is 19.2 Å². The maximum atomic E-state index is 12.3. The van der Waals surface area contributed by atoms with Crippen molar-refractivity contribution in [1.29, 1.82) is 0 Å². The lowest BCUT2D eigenvalue weighted by Crippen LogP contribution is -2.41. The van der Waals surface area contributed by atoms with E-state index in [0.29, 0.717) is 37.9 Å². The zero-order chi connectivity index (χ0) is 25.8. The molecule has 1 aromatic carbocycles. The Morgan fingerprint density at radius 2 is 1.66 bits per heavy atom. The number of ether oxygens (including phenoxy) is 4. The van der Waals surface area contributed by atoms with E-state index in [0.717, 1.165) is 0 Å². The van der Waals surface area contributed by atoms with Gasteiger partial charge in [-0.1, -0.05) is 19.1 Å². The molecule has 1 saturated heterocycles. The van der Waals surface area contributed by atoms with Crippen LogP contribution in [0.5, 0.6) is 0 Å². The number of carbonyl (C=O) groups is 3. The second kappa shape index (κ2) is 13.6. The summed E-state index contributed by atoms with van der Waals surface area (Å²) in [5.41, 5.74) is -0.313. The van der Waals surface area contributed by atoms with Crippen molar-refractivity contribution in [2.24, 2.45) is 11.3 Å². The fourth-order valence-corrected chi connectivity index (χ4v) is 3.29. The third-order valence-electron chi connectivity index (χ3n) is 6.00. The Morgan fingerprint density at radius 1 is 1.03 bits per heavy atom. The van der Waals surface area contributed by atoms with Crippen molar-refractivity contribution < 1.29 is 38.3 Å². The van der Waals surface area contributed by atoms with Crippen LogP contribution >= 0.6 is 0 Å². The molecule has 194 valence electrons. The van der Waals surface area contributed by atoms with Crippen molar-refractivity contribution in [1.82, 2.24) is 4.90 Å². The lowest BCUT2D eigenvalue weighted by Gasteiger charge is -2.30. The number of likely N-dealkylation sites (tertiary alicyclic amines) is 1.